The average molecular weight is 329 g/mol. The van der Waals surface area contributed by atoms with Crippen LogP contribution in [0.15, 0.2) is 36.9 Å². The van der Waals surface area contributed by atoms with Crippen LogP contribution in [0, 0.1) is 0 Å². The van der Waals surface area contributed by atoms with Crippen LogP contribution in [0.4, 0.5) is 10.5 Å². The average Bonchev–Trinajstić information content (AvgIpc) is 2.56. The molecule has 0 radical (unpaired) electrons. The van der Waals surface area contributed by atoms with Gasteiger partial charge in [-0.15, -0.1) is 6.58 Å². The van der Waals surface area contributed by atoms with E-state index in [9.17, 15) is 4.79 Å². The maximum absolute atomic E-state index is 12.4. The molecule has 2 N–H and O–H groups in total. The van der Waals surface area contributed by atoms with Crippen LogP contribution in [0.5, 0.6) is 5.75 Å². The number of nitrogens with one attached hydrogen (secondary N) is 2. The van der Waals surface area contributed by atoms with Gasteiger partial charge in [-0.25, -0.2) is 4.79 Å². The van der Waals surface area contributed by atoms with Crippen LogP contribution in [-0.4, -0.2) is 42.7 Å². The fourth-order valence-corrected chi connectivity index (χ4v) is 4.14. The van der Waals surface area contributed by atoms with E-state index in [0.717, 1.165) is 19.4 Å². The van der Waals surface area contributed by atoms with Crippen molar-refractivity contribution in [1.82, 2.24) is 10.2 Å². The summed E-state index contributed by atoms with van der Waals surface area (Å²) in [5, 5.41) is 6.06. The molecule has 2 atom stereocenters. The largest absolute Gasteiger partial charge is 0.495 e. The molecular weight excluding hydrogens is 302 g/mol. The quantitative estimate of drug-likeness (QED) is 0.814. The lowest BCUT2D eigenvalue weighted by molar-refractivity contribution is 0.0375. The molecule has 0 aliphatic carbocycles. The summed E-state index contributed by atoms with van der Waals surface area (Å²) in [5.41, 5.74) is 0.696. The highest BCUT2D eigenvalue weighted by Crippen LogP contribution is 2.34. The lowest BCUT2D eigenvalue weighted by atomic mass is 9.82. The molecule has 0 unspecified atom stereocenters. The highest BCUT2D eigenvalue weighted by Gasteiger charge is 2.37. The van der Waals surface area contributed by atoms with Crippen molar-refractivity contribution < 1.29 is 9.53 Å². The number of ether oxygens (including phenoxy) is 1. The number of amides is 2. The third kappa shape index (κ3) is 3.73. The van der Waals surface area contributed by atoms with Crippen LogP contribution in [0.1, 0.15) is 32.1 Å². The molecule has 5 heteroatoms. The topological polar surface area (TPSA) is 53.6 Å². The van der Waals surface area contributed by atoms with E-state index < -0.39 is 0 Å². The number of hydrogen-bond acceptors (Lipinski definition) is 3. The van der Waals surface area contributed by atoms with Crippen LogP contribution >= 0.6 is 0 Å². The normalized spacial score (nSPS) is 26.5. The standard InChI is InChI=1S/C19H27N3O2/c1-3-11-22-15-7-6-8-16(22)13-14(12-15)20-19(23)21-17-9-4-5-10-18(17)24-2/h3-5,9-10,14-16H,1,6-8,11-13H2,2H3,(H2,20,21,23)/t15-,16-/m1/s1. The molecule has 0 aromatic heterocycles. The summed E-state index contributed by atoms with van der Waals surface area (Å²) in [5.74, 6) is 0.672. The second-order valence-electron chi connectivity index (χ2n) is 6.69. The smallest absolute Gasteiger partial charge is 0.319 e. The number of methoxy groups -OCH3 is 1. The lowest BCUT2D eigenvalue weighted by Crippen LogP contribution is -2.57. The van der Waals surface area contributed by atoms with E-state index in [2.05, 4.69) is 22.1 Å². The van der Waals surface area contributed by atoms with Crippen molar-refractivity contribution in [3.05, 3.63) is 36.9 Å². The highest BCUT2D eigenvalue weighted by molar-refractivity contribution is 5.91. The number of urea groups is 1. The van der Waals surface area contributed by atoms with Crippen LogP contribution < -0.4 is 15.4 Å². The zero-order valence-corrected chi connectivity index (χ0v) is 14.3. The number of rotatable bonds is 5. The van der Waals surface area contributed by atoms with Gasteiger partial charge < -0.3 is 15.4 Å². The summed E-state index contributed by atoms with van der Waals surface area (Å²) in [4.78, 5) is 14.9. The third-order valence-electron chi connectivity index (χ3n) is 5.16. The zero-order valence-electron chi connectivity index (χ0n) is 14.3. The first-order valence-corrected chi connectivity index (χ1v) is 8.78. The number of hydrogen-bond donors (Lipinski definition) is 2. The first-order chi connectivity index (χ1) is 11.7. The SMILES string of the molecule is C=CCN1[C@@H]2CCC[C@@H]1CC(NC(=O)Nc1ccccc1OC)C2. The molecular formula is C19H27N3O2. The number of carbonyl (C=O) groups excluding carboxylic acids is 1. The Balaban J connectivity index is 1.58. The molecule has 24 heavy (non-hydrogen) atoms. The van der Waals surface area contributed by atoms with E-state index in [-0.39, 0.29) is 12.1 Å². The summed E-state index contributed by atoms with van der Waals surface area (Å²) in [6.07, 6.45) is 7.76. The maximum atomic E-state index is 12.4. The summed E-state index contributed by atoms with van der Waals surface area (Å²) in [6, 6.07) is 8.66. The van der Waals surface area contributed by atoms with Crippen molar-refractivity contribution in [1.29, 1.82) is 0 Å². The molecule has 0 saturated carbocycles. The number of anilines is 1. The van der Waals surface area contributed by atoms with E-state index in [1.165, 1.54) is 19.3 Å². The molecule has 0 spiro atoms. The second-order valence-corrected chi connectivity index (χ2v) is 6.69. The van der Waals surface area contributed by atoms with Crippen LogP contribution in [-0.2, 0) is 0 Å². The summed E-state index contributed by atoms with van der Waals surface area (Å²) in [6.45, 7) is 4.83. The molecule has 2 saturated heterocycles. The monoisotopic (exact) mass is 329 g/mol. The Hall–Kier alpha value is -2.01. The maximum Gasteiger partial charge on any atom is 0.319 e. The van der Waals surface area contributed by atoms with Gasteiger partial charge >= 0.3 is 6.03 Å². The van der Waals surface area contributed by atoms with Crippen LogP contribution in [0.25, 0.3) is 0 Å². The van der Waals surface area contributed by atoms with E-state index >= 15 is 0 Å². The Bertz CT molecular complexity index is 576. The minimum absolute atomic E-state index is 0.153. The van der Waals surface area contributed by atoms with Crippen molar-refractivity contribution in [2.24, 2.45) is 0 Å². The number of fused-ring (bicyclic) bond motifs is 2. The van der Waals surface area contributed by atoms with E-state index in [1.807, 2.05) is 30.3 Å². The van der Waals surface area contributed by atoms with Crippen molar-refractivity contribution in [2.75, 3.05) is 19.0 Å². The summed E-state index contributed by atoms with van der Waals surface area (Å²) >= 11 is 0. The number of piperidine rings is 2. The number of para-hydroxylation sites is 2. The number of benzene rings is 1. The summed E-state index contributed by atoms with van der Waals surface area (Å²) < 4.78 is 5.28. The van der Waals surface area contributed by atoms with Gasteiger partial charge in [-0.1, -0.05) is 24.6 Å². The Morgan fingerprint density at radius 2 is 2.04 bits per heavy atom. The molecule has 1 aromatic rings. The zero-order chi connectivity index (χ0) is 16.9. The molecule has 2 fully saturated rings. The fourth-order valence-electron chi connectivity index (χ4n) is 4.14. The van der Waals surface area contributed by atoms with Gasteiger partial charge in [0.05, 0.1) is 12.8 Å². The Kier molecular flexibility index (Phi) is 5.41. The summed E-state index contributed by atoms with van der Waals surface area (Å²) in [7, 11) is 1.61. The third-order valence-corrected chi connectivity index (χ3v) is 5.16. The molecule has 5 nitrogen and oxygen atoms in total. The fraction of sp³-hybridized carbons (Fsp3) is 0.526. The molecule has 1 aromatic carbocycles. The van der Waals surface area contributed by atoms with Gasteiger partial charge in [-0.2, -0.15) is 0 Å². The van der Waals surface area contributed by atoms with E-state index in [0.29, 0.717) is 23.5 Å². The Morgan fingerprint density at radius 1 is 1.33 bits per heavy atom. The molecule has 2 aliphatic rings. The predicted molar refractivity (Wildman–Crippen MR) is 96.5 cm³/mol. The lowest BCUT2D eigenvalue weighted by Gasteiger charge is -2.48. The van der Waals surface area contributed by atoms with Crippen molar-refractivity contribution in [3.63, 3.8) is 0 Å². The van der Waals surface area contributed by atoms with E-state index in [1.54, 1.807) is 7.11 Å². The number of nitrogens with zero attached hydrogens (tertiary/aromatic N) is 1. The van der Waals surface area contributed by atoms with E-state index in [4.69, 9.17) is 4.74 Å². The Labute approximate surface area is 144 Å². The van der Waals surface area contributed by atoms with Crippen LogP contribution in [0.2, 0.25) is 0 Å². The van der Waals surface area contributed by atoms with Crippen molar-refractivity contribution in [2.45, 2.75) is 50.2 Å². The van der Waals surface area contributed by atoms with Gasteiger partial charge in [0.15, 0.2) is 0 Å². The second kappa shape index (κ2) is 7.71. The molecule has 2 heterocycles. The minimum Gasteiger partial charge on any atom is -0.495 e. The van der Waals surface area contributed by atoms with Crippen molar-refractivity contribution >= 4 is 11.7 Å². The van der Waals surface area contributed by atoms with Gasteiger partial charge in [0.2, 0.25) is 0 Å². The number of carbonyl (C=O) groups is 1. The molecule has 2 aliphatic heterocycles. The Morgan fingerprint density at radius 3 is 2.71 bits per heavy atom. The molecule has 130 valence electrons. The first-order valence-electron chi connectivity index (χ1n) is 8.78. The first kappa shape index (κ1) is 16.8. The van der Waals surface area contributed by atoms with Gasteiger partial charge in [-0.05, 0) is 37.8 Å². The molecule has 2 amide bonds. The van der Waals surface area contributed by atoms with Gasteiger partial charge in [-0.3, -0.25) is 4.90 Å². The minimum atomic E-state index is -0.153. The molecule has 3 rings (SSSR count). The predicted octanol–water partition coefficient (Wildman–Crippen LogP) is 3.39. The van der Waals surface area contributed by atoms with Crippen molar-refractivity contribution in [3.8, 4) is 5.75 Å². The van der Waals surface area contributed by atoms with Gasteiger partial charge in [0.25, 0.3) is 0 Å². The highest BCUT2D eigenvalue weighted by atomic mass is 16.5. The van der Waals surface area contributed by atoms with Crippen LogP contribution in [0.3, 0.4) is 0 Å². The van der Waals surface area contributed by atoms with Gasteiger partial charge in [0, 0.05) is 24.7 Å². The van der Waals surface area contributed by atoms with Gasteiger partial charge in [0.1, 0.15) is 5.75 Å². The molecule has 2 bridgehead atoms.